The third kappa shape index (κ3) is 2.99. The number of hydrogen-bond donors (Lipinski definition) is 0. The molecular weight excluding hydrogens is 393 g/mol. The van der Waals surface area contributed by atoms with E-state index in [1.165, 1.54) is 24.3 Å². The van der Waals surface area contributed by atoms with Crippen molar-refractivity contribution >= 4 is 28.8 Å². The number of halogens is 1. The molecule has 0 aromatic heterocycles. The molecule has 3 aromatic carbocycles. The van der Waals surface area contributed by atoms with E-state index < -0.39 is 17.6 Å². The highest BCUT2D eigenvalue weighted by molar-refractivity contribution is 6.46. The van der Waals surface area contributed by atoms with Crippen LogP contribution in [0.1, 0.15) is 16.7 Å². The molecule has 150 valence electrons. The number of carbonyl (C=O) groups is 2. The predicted octanol–water partition coefficient (Wildman–Crippen LogP) is 4.04. The maximum absolute atomic E-state index is 13.6. The second-order valence-corrected chi connectivity index (χ2v) is 7.37. The molecule has 0 saturated carbocycles. The highest BCUT2D eigenvalue weighted by atomic mass is 19.1. The standard InChI is InChI=1S/C25H16FN3O2/c26-19-9-7-18(8-10-19)22-23(28-14-13-17-3-1-2-4-21(17)28)25(31)29(24(22)30)20-11-5-16(15-27)6-12-20/h1-12H,13-14H2. The number of para-hydroxylation sites is 1. The number of anilines is 2. The van der Waals surface area contributed by atoms with Crippen LogP contribution in [0, 0.1) is 17.1 Å². The Balaban J connectivity index is 1.66. The van der Waals surface area contributed by atoms with Crippen molar-refractivity contribution in [3.05, 3.63) is 101 Å². The molecule has 0 spiro atoms. The van der Waals surface area contributed by atoms with Gasteiger partial charge in [-0.1, -0.05) is 30.3 Å². The number of benzene rings is 3. The largest absolute Gasteiger partial charge is 0.336 e. The highest BCUT2D eigenvalue weighted by Crippen LogP contribution is 2.40. The van der Waals surface area contributed by atoms with Gasteiger partial charge >= 0.3 is 0 Å². The monoisotopic (exact) mass is 409 g/mol. The van der Waals surface area contributed by atoms with E-state index in [9.17, 15) is 14.0 Å². The van der Waals surface area contributed by atoms with Crippen molar-refractivity contribution in [3.8, 4) is 6.07 Å². The summed E-state index contributed by atoms with van der Waals surface area (Å²) >= 11 is 0. The Labute approximate surface area is 178 Å². The molecule has 2 heterocycles. The van der Waals surface area contributed by atoms with Gasteiger partial charge in [-0.2, -0.15) is 5.26 Å². The molecule has 31 heavy (non-hydrogen) atoms. The van der Waals surface area contributed by atoms with E-state index in [0.29, 0.717) is 23.4 Å². The molecule has 2 aliphatic rings. The van der Waals surface area contributed by atoms with E-state index in [2.05, 4.69) is 0 Å². The lowest BCUT2D eigenvalue weighted by Crippen LogP contribution is -2.34. The zero-order chi connectivity index (χ0) is 21.5. The third-order valence-electron chi connectivity index (χ3n) is 5.60. The first-order valence-electron chi connectivity index (χ1n) is 9.83. The molecule has 0 atom stereocenters. The summed E-state index contributed by atoms with van der Waals surface area (Å²) in [4.78, 5) is 30.1. The first-order chi connectivity index (χ1) is 15.1. The summed E-state index contributed by atoms with van der Waals surface area (Å²) in [5.41, 5.74) is 3.82. The van der Waals surface area contributed by atoms with Crippen LogP contribution in [0.3, 0.4) is 0 Å². The van der Waals surface area contributed by atoms with E-state index >= 15 is 0 Å². The second-order valence-electron chi connectivity index (χ2n) is 7.37. The summed E-state index contributed by atoms with van der Waals surface area (Å²) in [6, 6.07) is 21.7. The van der Waals surface area contributed by atoms with Crippen molar-refractivity contribution < 1.29 is 14.0 Å². The summed E-state index contributed by atoms with van der Waals surface area (Å²) in [6.07, 6.45) is 0.759. The van der Waals surface area contributed by atoms with Gasteiger partial charge in [-0.05, 0) is 60.0 Å². The fourth-order valence-corrected chi connectivity index (χ4v) is 4.14. The Morgan fingerprint density at radius 2 is 1.58 bits per heavy atom. The smallest absolute Gasteiger partial charge is 0.282 e. The van der Waals surface area contributed by atoms with Crippen LogP contribution in [0.15, 0.2) is 78.5 Å². The van der Waals surface area contributed by atoms with E-state index in [-0.39, 0.29) is 11.3 Å². The minimum atomic E-state index is -0.472. The summed E-state index contributed by atoms with van der Waals surface area (Å²) in [6.45, 7) is 0.569. The minimum absolute atomic E-state index is 0.242. The SMILES string of the molecule is N#Cc1ccc(N2C(=O)C(c3ccc(F)cc3)=C(N3CCc4ccccc43)C2=O)cc1. The fraction of sp³-hybridized carbons (Fsp3) is 0.0800. The molecule has 5 rings (SSSR count). The molecule has 0 N–H and O–H groups in total. The van der Waals surface area contributed by atoms with Crippen LogP contribution in [-0.4, -0.2) is 18.4 Å². The Morgan fingerprint density at radius 1 is 0.871 bits per heavy atom. The number of hydrogen-bond acceptors (Lipinski definition) is 4. The average Bonchev–Trinajstić information content (AvgIpc) is 3.32. The van der Waals surface area contributed by atoms with Crippen LogP contribution in [0.25, 0.3) is 5.57 Å². The van der Waals surface area contributed by atoms with Gasteiger partial charge in [0, 0.05) is 12.2 Å². The molecule has 6 heteroatoms. The molecule has 0 unspecified atom stereocenters. The zero-order valence-corrected chi connectivity index (χ0v) is 16.4. The van der Waals surface area contributed by atoms with Gasteiger partial charge in [0.1, 0.15) is 11.5 Å². The number of amides is 2. The van der Waals surface area contributed by atoms with E-state index in [1.54, 1.807) is 24.3 Å². The van der Waals surface area contributed by atoms with Gasteiger partial charge in [0.15, 0.2) is 0 Å². The van der Waals surface area contributed by atoms with Crippen LogP contribution in [0.5, 0.6) is 0 Å². The molecule has 0 fully saturated rings. The summed E-state index contributed by atoms with van der Waals surface area (Å²) < 4.78 is 13.5. The van der Waals surface area contributed by atoms with Gasteiger partial charge < -0.3 is 4.90 Å². The molecule has 5 nitrogen and oxygen atoms in total. The lowest BCUT2D eigenvalue weighted by Gasteiger charge is -2.21. The van der Waals surface area contributed by atoms with Crippen molar-refractivity contribution in [1.29, 1.82) is 5.26 Å². The summed E-state index contributed by atoms with van der Waals surface area (Å²) in [5, 5.41) is 9.05. The molecule has 0 saturated heterocycles. The normalized spacial score (nSPS) is 15.5. The maximum atomic E-state index is 13.6. The van der Waals surface area contributed by atoms with Crippen molar-refractivity contribution in [2.75, 3.05) is 16.3 Å². The maximum Gasteiger partial charge on any atom is 0.282 e. The Morgan fingerprint density at radius 3 is 2.29 bits per heavy atom. The van der Waals surface area contributed by atoms with Gasteiger partial charge in [-0.25, -0.2) is 9.29 Å². The van der Waals surface area contributed by atoms with Crippen LogP contribution < -0.4 is 9.80 Å². The van der Waals surface area contributed by atoms with Crippen molar-refractivity contribution in [3.63, 3.8) is 0 Å². The van der Waals surface area contributed by atoms with Crippen LogP contribution >= 0.6 is 0 Å². The first-order valence-corrected chi connectivity index (χ1v) is 9.83. The van der Waals surface area contributed by atoms with Gasteiger partial charge in [0.2, 0.25) is 0 Å². The lowest BCUT2D eigenvalue weighted by molar-refractivity contribution is -0.120. The third-order valence-corrected chi connectivity index (χ3v) is 5.60. The molecule has 0 aliphatic carbocycles. The Hall–Kier alpha value is -4.24. The zero-order valence-electron chi connectivity index (χ0n) is 16.4. The summed E-state index contributed by atoms with van der Waals surface area (Å²) in [7, 11) is 0. The average molecular weight is 409 g/mol. The van der Waals surface area contributed by atoms with Crippen molar-refractivity contribution in [2.24, 2.45) is 0 Å². The first kappa shape index (κ1) is 18.8. The molecular formula is C25H16FN3O2. The van der Waals surface area contributed by atoms with Crippen molar-refractivity contribution in [2.45, 2.75) is 6.42 Å². The Kier molecular flexibility index (Phi) is 4.37. The highest BCUT2D eigenvalue weighted by Gasteiger charge is 2.44. The molecule has 2 amide bonds. The fourth-order valence-electron chi connectivity index (χ4n) is 4.14. The molecule has 0 radical (unpaired) electrons. The molecule has 0 bridgehead atoms. The number of fused-ring (bicyclic) bond motifs is 1. The quantitative estimate of drug-likeness (QED) is 0.613. The number of imide groups is 1. The van der Waals surface area contributed by atoms with Gasteiger partial charge in [-0.15, -0.1) is 0 Å². The topological polar surface area (TPSA) is 64.4 Å². The number of carbonyl (C=O) groups excluding carboxylic acids is 2. The van der Waals surface area contributed by atoms with Crippen molar-refractivity contribution in [1.82, 2.24) is 0 Å². The minimum Gasteiger partial charge on any atom is -0.336 e. The number of nitrogens with zero attached hydrogens (tertiary/aromatic N) is 3. The molecule has 2 aliphatic heterocycles. The number of nitriles is 1. The van der Waals surface area contributed by atoms with Crippen LogP contribution in [0.4, 0.5) is 15.8 Å². The van der Waals surface area contributed by atoms with Gasteiger partial charge in [0.05, 0.1) is 22.9 Å². The predicted molar refractivity (Wildman–Crippen MR) is 114 cm³/mol. The van der Waals surface area contributed by atoms with E-state index in [1.807, 2.05) is 35.2 Å². The van der Waals surface area contributed by atoms with Crippen LogP contribution in [0.2, 0.25) is 0 Å². The summed E-state index contributed by atoms with van der Waals surface area (Å²) in [5.74, 6) is -1.33. The Bertz CT molecular complexity index is 1290. The second kappa shape index (κ2) is 7.22. The lowest BCUT2D eigenvalue weighted by atomic mass is 10.0. The van der Waals surface area contributed by atoms with E-state index in [4.69, 9.17) is 5.26 Å². The van der Waals surface area contributed by atoms with E-state index in [0.717, 1.165) is 22.6 Å². The van der Waals surface area contributed by atoms with Gasteiger partial charge in [0.25, 0.3) is 11.8 Å². The molecule has 3 aromatic rings. The van der Waals surface area contributed by atoms with Gasteiger partial charge in [-0.3, -0.25) is 9.59 Å². The van der Waals surface area contributed by atoms with Crippen LogP contribution in [-0.2, 0) is 16.0 Å². The number of rotatable bonds is 3.